The van der Waals surface area contributed by atoms with E-state index in [0.717, 1.165) is 33.4 Å². The van der Waals surface area contributed by atoms with E-state index in [1.807, 2.05) is 206 Å². The molecule has 0 aliphatic carbocycles. The fraction of sp³-hybridized carbons (Fsp3) is 0.148. The van der Waals surface area contributed by atoms with Crippen molar-refractivity contribution >= 4 is 35.1 Å². The fourth-order valence-electron chi connectivity index (χ4n) is 10.6. The highest BCUT2D eigenvalue weighted by Gasteiger charge is 2.51. The van der Waals surface area contributed by atoms with E-state index in [9.17, 15) is 9.59 Å². The maximum Gasteiger partial charge on any atom is 0.331 e. The Morgan fingerprint density at radius 3 is 1.22 bits per heavy atom. The maximum atomic E-state index is 15.9. The largest absolute Gasteiger partial charge is 0.489 e. The van der Waals surface area contributed by atoms with Gasteiger partial charge in [-0.25, -0.2) is 9.59 Å². The van der Waals surface area contributed by atoms with Crippen molar-refractivity contribution in [2.24, 2.45) is 0 Å². The van der Waals surface area contributed by atoms with E-state index in [4.69, 9.17) is 51.8 Å². The highest BCUT2D eigenvalue weighted by molar-refractivity contribution is 5.90. The number of esters is 2. The molecule has 12 rings (SSSR count). The van der Waals surface area contributed by atoms with Crippen LogP contribution in [0.4, 0.5) is 0 Å². The van der Waals surface area contributed by atoms with Crippen molar-refractivity contribution in [2.75, 3.05) is 0 Å². The van der Waals surface area contributed by atoms with Gasteiger partial charge in [0, 0.05) is 29.8 Å². The first-order valence-corrected chi connectivity index (χ1v) is 31.2. The van der Waals surface area contributed by atoms with Crippen molar-refractivity contribution in [2.45, 2.75) is 77.3 Å². The van der Waals surface area contributed by atoms with Gasteiger partial charge in [0.2, 0.25) is 23.6 Å². The first-order chi connectivity index (χ1) is 46.7. The summed E-state index contributed by atoms with van der Waals surface area (Å²) >= 11 is 0. The molecule has 0 bridgehead atoms. The van der Waals surface area contributed by atoms with E-state index < -0.39 is 48.1 Å². The second-order valence-corrected chi connectivity index (χ2v) is 22.5. The monoisotopic (exact) mass is 1260 g/mol. The van der Waals surface area contributed by atoms with Crippen LogP contribution in [0.15, 0.2) is 288 Å². The van der Waals surface area contributed by atoms with Gasteiger partial charge in [0.15, 0.2) is 11.9 Å². The number of hydrogen-bond donors (Lipinski definition) is 0. The molecule has 10 aromatic carbocycles. The van der Waals surface area contributed by atoms with Crippen molar-refractivity contribution in [3.8, 4) is 45.8 Å². The molecule has 0 saturated carbocycles. The van der Waals surface area contributed by atoms with E-state index in [1.165, 1.54) is 12.2 Å². The SMILES string of the molecule is CC1O[C@@H](Oc2c(-c3ccc(OCc4ccccc4)cc3)oc3cc(OCc4ccccc4)cc(OCc4ccccc4)c3c2=O)C(OC(=O)/C=C/c2ccc(OCc3ccccc3)cc2)C(OC(=O)/C=C/c2ccc(OCc3ccccc3)cc2)[C@H]1OCc1ccccc1. The highest BCUT2D eigenvalue weighted by Crippen LogP contribution is 2.40. The zero-order valence-corrected chi connectivity index (χ0v) is 52.1. The van der Waals surface area contributed by atoms with Crippen LogP contribution in [-0.2, 0) is 68.2 Å². The molecule has 0 radical (unpaired) electrons. The van der Waals surface area contributed by atoms with Crippen LogP contribution in [0, 0.1) is 0 Å². The molecular weight excluding hydrogens is 1200 g/mol. The summed E-state index contributed by atoms with van der Waals surface area (Å²) in [6, 6.07) is 82.7. The Labute approximate surface area is 550 Å². The van der Waals surface area contributed by atoms with Crippen molar-refractivity contribution in [3.05, 3.63) is 334 Å². The molecule has 95 heavy (non-hydrogen) atoms. The molecule has 0 N–H and O–H groups in total. The van der Waals surface area contributed by atoms with Crippen LogP contribution < -0.4 is 33.8 Å². The van der Waals surface area contributed by atoms with Crippen molar-refractivity contribution in [3.63, 3.8) is 0 Å². The quantitative estimate of drug-likeness (QED) is 0.0354. The molecule has 0 spiro atoms. The fourth-order valence-corrected chi connectivity index (χ4v) is 10.6. The van der Waals surface area contributed by atoms with E-state index in [0.29, 0.717) is 59.5 Å². The van der Waals surface area contributed by atoms with Crippen LogP contribution in [-0.4, -0.2) is 42.6 Å². The maximum absolute atomic E-state index is 15.9. The number of rotatable bonds is 27. The summed E-state index contributed by atoms with van der Waals surface area (Å²) in [4.78, 5) is 45.1. The molecule has 476 valence electrons. The number of carbonyl (C=O) groups excluding carboxylic acids is 2. The van der Waals surface area contributed by atoms with E-state index >= 15 is 4.79 Å². The first-order valence-electron chi connectivity index (χ1n) is 31.2. The Morgan fingerprint density at radius 2 is 0.789 bits per heavy atom. The summed E-state index contributed by atoms with van der Waals surface area (Å²) < 4.78 is 71.4. The Morgan fingerprint density at radius 1 is 0.411 bits per heavy atom. The summed E-state index contributed by atoms with van der Waals surface area (Å²) in [5, 5.41) is 0.0133. The molecular formula is C81H68O14. The second kappa shape index (κ2) is 31.7. The zero-order valence-electron chi connectivity index (χ0n) is 52.1. The lowest BCUT2D eigenvalue weighted by Gasteiger charge is -2.43. The molecule has 0 amide bonds. The normalized spacial score (nSPS) is 16.0. The Hall–Kier alpha value is -11.5. The Kier molecular flexibility index (Phi) is 21.3. The van der Waals surface area contributed by atoms with Gasteiger partial charge >= 0.3 is 11.9 Å². The van der Waals surface area contributed by atoms with Gasteiger partial charge in [-0.15, -0.1) is 0 Å². The van der Waals surface area contributed by atoms with Gasteiger partial charge in [0.25, 0.3) is 0 Å². The Bertz CT molecular complexity index is 4380. The third kappa shape index (κ3) is 17.6. The number of ether oxygens (including phenoxy) is 10. The van der Waals surface area contributed by atoms with Crippen molar-refractivity contribution in [1.29, 1.82) is 0 Å². The number of carbonyl (C=O) groups is 2. The van der Waals surface area contributed by atoms with Gasteiger partial charge in [0.05, 0.1) is 12.7 Å². The lowest BCUT2D eigenvalue weighted by atomic mass is 9.98. The van der Waals surface area contributed by atoms with Crippen LogP contribution in [0.3, 0.4) is 0 Å². The number of fused-ring (bicyclic) bond motifs is 1. The lowest BCUT2D eigenvalue weighted by molar-refractivity contribution is -0.285. The smallest absolute Gasteiger partial charge is 0.331 e. The predicted octanol–water partition coefficient (Wildman–Crippen LogP) is 16.3. The molecule has 1 aromatic heterocycles. The van der Waals surface area contributed by atoms with Gasteiger partial charge in [0.1, 0.15) is 78.9 Å². The van der Waals surface area contributed by atoms with Crippen LogP contribution >= 0.6 is 0 Å². The topological polar surface area (TPSA) is 157 Å². The van der Waals surface area contributed by atoms with E-state index in [1.54, 1.807) is 79.7 Å². The standard InChI is InChI=1S/C81H68O14/c1-56-76(90-55-64-30-18-7-19-31-64)79(93-72(82)46-36-57-32-40-66(41-33-57)85-50-59-20-8-2-9-21-59)80(94-73(83)47-37-58-34-42-67(43-35-58)86-51-60-22-10-3-11-23-60)81(91-56)95-78-75(84)74-70(89-54-63-28-16-6-17-29-63)48-69(88-53-62-26-14-5-15-27-62)49-71(74)92-77(78)65-38-44-68(45-39-65)87-52-61-24-12-4-13-25-61/h2-49,56,76,79-81H,50-55H2,1H3/b46-36+,47-37+/t56?,76-,79?,80?,81-/m0/s1. The van der Waals surface area contributed by atoms with E-state index in [-0.39, 0.29) is 48.0 Å². The predicted molar refractivity (Wildman–Crippen MR) is 362 cm³/mol. The van der Waals surface area contributed by atoms with Crippen LogP contribution in [0.2, 0.25) is 0 Å². The minimum Gasteiger partial charge on any atom is -0.489 e. The molecule has 1 saturated heterocycles. The molecule has 14 heteroatoms. The van der Waals surface area contributed by atoms with Gasteiger partial charge in [-0.3, -0.25) is 4.79 Å². The third-order valence-electron chi connectivity index (χ3n) is 15.6. The average Bonchev–Trinajstić information content (AvgIpc) is 0.767. The van der Waals surface area contributed by atoms with Gasteiger partial charge in [-0.2, -0.15) is 0 Å². The summed E-state index contributed by atoms with van der Waals surface area (Å²) in [6.07, 6.45) is -1.11. The lowest BCUT2D eigenvalue weighted by Crippen LogP contribution is -2.61. The summed E-state index contributed by atoms with van der Waals surface area (Å²) in [5.41, 5.74) is 6.71. The third-order valence-corrected chi connectivity index (χ3v) is 15.6. The minimum absolute atomic E-state index is 0.0133. The molecule has 3 unspecified atom stereocenters. The number of benzene rings is 10. The number of hydrogen-bond acceptors (Lipinski definition) is 14. The van der Waals surface area contributed by atoms with Crippen LogP contribution in [0.5, 0.6) is 34.5 Å². The molecule has 11 aromatic rings. The molecule has 14 nitrogen and oxygen atoms in total. The summed E-state index contributed by atoms with van der Waals surface area (Å²) in [5.74, 6) is 0.257. The molecule has 1 aliphatic heterocycles. The van der Waals surface area contributed by atoms with Gasteiger partial charge < -0.3 is 51.8 Å². The summed E-state index contributed by atoms with van der Waals surface area (Å²) in [6.45, 7) is 3.09. The summed E-state index contributed by atoms with van der Waals surface area (Å²) in [7, 11) is 0. The van der Waals surface area contributed by atoms with Crippen LogP contribution in [0.1, 0.15) is 51.4 Å². The molecule has 5 atom stereocenters. The Balaban J connectivity index is 0.921. The van der Waals surface area contributed by atoms with Crippen LogP contribution in [0.25, 0.3) is 34.4 Å². The zero-order chi connectivity index (χ0) is 65.0. The minimum atomic E-state index is -1.68. The highest BCUT2D eigenvalue weighted by atomic mass is 16.7. The molecule has 1 fully saturated rings. The van der Waals surface area contributed by atoms with Crippen molar-refractivity contribution in [1.82, 2.24) is 0 Å². The van der Waals surface area contributed by atoms with Gasteiger partial charge in [-0.05, 0) is 112 Å². The first kappa shape index (κ1) is 63.7. The second-order valence-electron chi connectivity index (χ2n) is 22.5. The molecule has 1 aliphatic rings. The molecule has 2 heterocycles. The van der Waals surface area contributed by atoms with Gasteiger partial charge in [-0.1, -0.05) is 206 Å². The van der Waals surface area contributed by atoms with E-state index in [2.05, 4.69) is 0 Å². The van der Waals surface area contributed by atoms with Crippen molar-refractivity contribution < 1.29 is 61.4 Å². The average molecular weight is 1270 g/mol.